The van der Waals surface area contributed by atoms with Crippen molar-refractivity contribution in [3.63, 3.8) is 0 Å². The van der Waals surface area contributed by atoms with Gasteiger partial charge in [-0.25, -0.2) is 9.97 Å². The van der Waals surface area contributed by atoms with Crippen LogP contribution in [0.4, 0.5) is 5.82 Å². The van der Waals surface area contributed by atoms with Gasteiger partial charge in [0.1, 0.15) is 17.2 Å². The Morgan fingerprint density at radius 3 is 2.94 bits per heavy atom. The van der Waals surface area contributed by atoms with Crippen molar-refractivity contribution in [2.24, 2.45) is 0 Å². The van der Waals surface area contributed by atoms with E-state index in [2.05, 4.69) is 41.8 Å². The molecule has 0 amide bonds. The third-order valence-corrected chi connectivity index (χ3v) is 4.15. The van der Waals surface area contributed by atoms with Crippen LogP contribution < -0.4 is 4.90 Å². The molecule has 6 heteroatoms. The summed E-state index contributed by atoms with van der Waals surface area (Å²) < 4.78 is 0. The quantitative estimate of drug-likeness (QED) is 0.479. The van der Waals surface area contributed by atoms with Crippen LogP contribution in [0.3, 0.4) is 0 Å². The van der Waals surface area contributed by atoms with Gasteiger partial charge < -0.3 is 9.80 Å². The summed E-state index contributed by atoms with van der Waals surface area (Å²) in [5.41, 5.74) is 0. The van der Waals surface area contributed by atoms with Gasteiger partial charge in [0.2, 0.25) is 0 Å². The molecule has 0 aliphatic carbocycles. The highest BCUT2D eigenvalue weighted by Gasteiger charge is 2.15. The number of nitrogens with zero attached hydrogens (tertiary/aromatic N) is 4. The Hall–Kier alpha value is -0.330. The molecular weight excluding hydrogens is 312 g/mol. The molecule has 2 rings (SSSR count). The smallest absolute Gasteiger partial charge is 0.133 e. The van der Waals surface area contributed by atoms with Crippen LogP contribution in [0.2, 0.25) is 0 Å². The van der Waals surface area contributed by atoms with E-state index in [9.17, 15) is 0 Å². The second-order valence-electron chi connectivity index (χ2n) is 4.29. The number of rotatable bonds is 4. The SMILES string of the molecule is CSc1cc(N2CCCN(CCBr)CC2)ncn1. The summed E-state index contributed by atoms with van der Waals surface area (Å²) in [5.74, 6) is 1.06. The predicted molar refractivity (Wildman–Crippen MR) is 80.9 cm³/mol. The molecule has 0 saturated carbocycles. The van der Waals surface area contributed by atoms with E-state index >= 15 is 0 Å². The number of alkyl halides is 1. The topological polar surface area (TPSA) is 32.3 Å². The molecule has 1 saturated heterocycles. The minimum absolute atomic E-state index is 1.04. The van der Waals surface area contributed by atoms with Crippen LogP contribution in [0.1, 0.15) is 6.42 Å². The zero-order chi connectivity index (χ0) is 12.8. The highest BCUT2D eigenvalue weighted by Crippen LogP contribution is 2.18. The molecule has 0 atom stereocenters. The molecule has 2 heterocycles. The molecule has 1 aliphatic rings. The van der Waals surface area contributed by atoms with E-state index in [4.69, 9.17) is 0 Å². The minimum atomic E-state index is 1.04. The Morgan fingerprint density at radius 2 is 2.17 bits per heavy atom. The minimum Gasteiger partial charge on any atom is -0.355 e. The third kappa shape index (κ3) is 3.83. The first-order chi connectivity index (χ1) is 8.83. The molecule has 1 aromatic rings. The van der Waals surface area contributed by atoms with Crippen LogP contribution in [-0.2, 0) is 0 Å². The second-order valence-corrected chi connectivity index (χ2v) is 5.91. The van der Waals surface area contributed by atoms with Crippen LogP contribution in [0.5, 0.6) is 0 Å². The van der Waals surface area contributed by atoms with Crippen molar-refractivity contribution in [2.75, 3.05) is 49.2 Å². The summed E-state index contributed by atoms with van der Waals surface area (Å²) in [5, 5.41) is 2.10. The fourth-order valence-electron chi connectivity index (χ4n) is 2.16. The summed E-state index contributed by atoms with van der Waals surface area (Å²) in [7, 11) is 0. The maximum Gasteiger partial charge on any atom is 0.133 e. The van der Waals surface area contributed by atoms with Crippen molar-refractivity contribution in [1.82, 2.24) is 14.9 Å². The Kier molecular flexibility index (Phi) is 5.72. The molecular formula is C12H19BrN4S. The molecule has 100 valence electrons. The summed E-state index contributed by atoms with van der Waals surface area (Å²) in [6.45, 7) is 5.57. The first-order valence-corrected chi connectivity index (χ1v) is 8.57. The molecule has 0 bridgehead atoms. The molecule has 0 spiro atoms. The van der Waals surface area contributed by atoms with Crippen molar-refractivity contribution < 1.29 is 0 Å². The Balaban J connectivity index is 2.00. The van der Waals surface area contributed by atoms with Gasteiger partial charge >= 0.3 is 0 Å². The number of halogens is 1. The lowest BCUT2D eigenvalue weighted by Crippen LogP contribution is -2.32. The van der Waals surface area contributed by atoms with Gasteiger partial charge in [-0.1, -0.05) is 15.9 Å². The van der Waals surface area contributed by atoms with Crippen LogP contribution in [0.25, 0.3) is 0 Å². The van der Waals surface area contributed by atoms with Crippen LogP contribution in [0, 0.1) is 0 Å². The highest BCUT2D eigenvalue weighted by atomic mass is 79.9. The average molecular weight is 331 g/mol. The number of hydrogen-bond donors (Lipinski definition) is 0. The molecule has 0 radical (unpaired) electrons. The van der Waals surface area contributed by atoms with Gasteiger partial charge in [-0.3, -0.25) is 0 Å². The zero-order valence-corrected chi connectivity index (χ0v) is 13.1. The van der Waals surface area contributed by atoms with E-state index in [1.54, 1.807) is 18.1 Å². The summed E-state index contributed by atoms with van der Waals surface area (Å²) >= 11 is 5.18. The normalized spacial score (nSPS) is 17.8. The van der Waals surface area contributed by atoms with Gasteiger partial charge in [0, 0.05) is 37.6 Å². The molecule has 1 fully saturated rings. The fourth-order valence-corrected chi connectivity index (χ4v) is 3.03. The van der Waals surface area contributed by atoms with Gasteiger partial charge in [0.25, 0.3) is 0 Å². The van der Waals surface area contributed by atoms with Crippen molar-refractivity contribution in [3.05, 3.63) is 12.4 Å². The Labute approximate surface area is 121 Å². The average Bonchev–Trinajstić information content (AvgIpc) is 2.65. The van der Waals surface area contributed by atoms with Crippen molar-refractivity contribution in [3.8, 4) is 0 Å². The maximum absolute atomic E-state index is 4.40. The molecule has 1 aromatic heterocycles. The Morgan fingerprint density at radius 1 is 1.28 bits per heavy atom. The maximum atomic E-state index is 4.40. The molecule has 4 nitrogen and oxygen atoms in total. The summed E-state index contributed by atoms with van der Waals surface area (Å²) in [6.07, 6.45) is 4.92. The van der Waals surface area contributed by atoms with Gasteiger partial charge in [-0.2, -0.15) is 0 Å². The second kappa shape index (κ2) is 7.31. The molecule has 1 aliphatic heterocycles. The highest BCUT2D eigenvalue weighted by molar-refractivity contribution is 9.09. The molecule has 0 unspecified atom stereocenters. The molecule has 0 aromatic carbocycles. The van der Waals surface area contributed by atoms with E-state index in [0.717, 1.165) is 42.4 Å². The van der Waals surface area contributed by atoms with E-state index in [0.29, 0.717) is 0 Å². The van der Waals surface area contributed by atoms with Crippen molar-refractivity contribution in [2.45, 2.75) is 11.4 Å². The van der Waals surface area contributed by atoms with Crippen LogP contribution >= 0.6 is 27.7 Å². The molecule has 18 heavy (non-hydrogen) atoms. The van der Waals surface area contributed by atoms with Gasteiger partial charge in [-0.05, 0) is 19.2 Å². The monoisotopic (exact) mass is 330 g/mol. The predicted octanol–water partition coefficient (Wildman–Crippen LogP) is 2.11. The van der Waals surface area contributed by atoms with Crippen LogP contribution in [0.15, 0.2) is 17.4 Å². The van der Waals surface area contributed by atoms with Crippen molar-refractivity contribution >= 4 is 33.5 Å². The largest absolute Gasteiger partial charge is 0.355 e. The van der Waals surface area contributed by atoms with Gasteiger partial charge in [0.05, 0.1) is 0 Å². The molecule has 0 N–H and O–H groups in total. The van der Waals surface area contributed by atoms with Gasteiger partial charge in [-0.15, -0.1) is 11.8 Å². The van der Waals surface area contributed by atoms with E-state index in [1.807, 2.05) is 6.26 Å². The summed E-state index contributed by atoms with van der Waals surface area (Å²) in [6, 6.07) is 2.09. The first-order valence-electron chi connectivity index (χ1n) is 6.23. The third-order valence-electron chi connectivity index (χ3n) is 3.15. The van der Waals surface area contributed by atoms with Gasteiger partial charge in [0.15, 0.2) is 0 Å². The van der Waals surface area contributed by atoms with Crippen LogP contribution in [-0.4, -0.2) is 59.2 Å². The van der Waals surface area contributed by atoms with E-state index in [1.165, 1.54) is 13.0 Å². The van der Waals surface area contributed by atoms with Crippen molar-refractivity contribution in [1.29, 1.82) is 0 Å². The standard InChI is InChI=1S/C12H19BrN4S/c1-18-12-9-11(14-10-15-12)17-5-2-4-16(6-3-13)7-8-17/h9-10H,2-8H2,1H3. The van der Waals surface area contributed by atoms with E-state index < -0.39 is 0 Å². The number of aromatic nitrogens is 2. The summed E-state index contributed by atoms with van der Waals surface area (Å²) in [4.78, 5) is 13.5. The fraction of sp³-hybridized carbons (Fsp3) is 0.667. The Bertz CT molecular complexity index is 377. The zero-order valence-electron chi connectivity index (χ0n) is 10.7. The lowest BCUT2D eigenvalue weighted by molar-refractivity contribution is 0.313. The number of thioether (sulfide) groups is 1. The first kappa shape index (κ1) is 14.1. The lowest BCUT2D eigenvalue weighted by Gasteiger charge is -2.22. The van der Waals surface area contributed by atoms with E-state index in [-0.39, 0.29) is 0 Å². The number of hydrogen-bond acceptors (Lipinski definition) is 5. The lowest BCUT2D eigenvalue weighted by atomic mass is 10.4. The number of anilines is 1.